The van der Waals surface area contributed by atoms with Crippen LogP contribution in [0, 0.1) is 0 Å². The minimum Gasteiger partial charge on any atom is -0.310 e. The quantitative estimate of drug-likeness (QED) is 0.629. The van der Waals surface area contributed by atoms with Crippen LogP contribution >= 0.6 is 11.8 Å². The van der Waals surface area contributed by atoms with Gasteiger partial charge in [-0.05, 0) is 20.2 Å². The Morgan fingerprint density at radius 3 is 2.44 bits per heavy atom. The average Bonchev–Trinajstić information content (AvgIpc) is 1.82. The third kappa shape index (κ3) is 3.54. The minimum absolute atomic E-state index is 0.0417. The fourth-order valence-electron chi connectivity index (χ4n) is 0.571. The molecule has 2 nitrogen and oxygen atoms in total. The van der Waals surface area contributed by atoms with Crippen LogP contribution in [-0.2, 0) is 4.79 Å². The van der Waals surface area contributed by atoms with Gasteiger partial charge in [0.05, 0.1) is 6.04 Å². The molecule has 0 fully saturated rings. The van der Waals surface area contributed by atoms with E-state index >= 15 is 0 Å². The lowest BCUT2D eigenvalue weighted by Crippen LogP contribution is -2.34. The van der Waals surface area contributed by atoms with Crippen LogP contribution in [0.4, 0.5) is 0 Å². The van der Waals surface area contributed by atoms with Gasteiger partial charge in [-0.1, -0.05) is 0 Å². The summed E-state index contributed by atoms with van der Waals surface area (Å²) in [6, 6.07) is 0.0417. The van der Waals surface area contributed by atoms with Gasteiger partial charge < -0.3 is 5.32 Å². The van der Waals surface area contributed by atoms with Crippen molar-refractivity contribution in [2.24, 2.45) is 0 Å². The second-order valence-electron chi connectivity index (χ2n) is 1.91. The molecule has 0 saturated heterocycles. The number of carbonyl (C=O) groups excluding carboxylic acids is 1. The molecule has 0 saturated carbocycles. The first kappa shape index (κ1) is 8.98. The Morgan fingerprint density at radius 2 is 2.33 bits per heavy atom. The van der Waals surface area contributed by atoms with Crippen molar-refractivity contribution in [3.8, 4) is 0 Å². The summed E-state index contributed by atoms with van der Waals surface area (Å²) in [7, 11) is 1.81. The molecule has 0 aromatic carbocycles. The van der Waals surface area contributed by atoms with E-state index in [0.717, 1.165) is 5.75 Å². The van der Waals surface area contributed by atoms with E-state index in [0.29, 0.717) is 0 Å². The molecule has 0 unspecified atom stereocenters. The molecule has 0 aliphatic carbocycles. The Hall–Kier alpha value is -0.0200. The normalized spacial score (nSPS) is 13.2. The Balaban J connectivity index is 3.54. The Kier molecular flexibility index (Phi) is 4.81. The molecule has 0 radical (unpaired) electrons. The molecule has 1 atom stereocenters. The van der Waals surface area contributed by atoms with E-state index in [2.05, 4.69) is 5.32 Å². The van der Waals surface area contributed by atoms with Gasteiger partial charge in [0.15, 0.2) is 0 Å². The first-order valence-corrected chi connectivity index (χ1v) is 4.28. The molecule has 0 aromatic rings. The molecule has 0 amide bonds. The van der Waals surface area contributed by atoms with Crippen molar-refractivity contribution in [3.05, 3.63) is 0 Å². The number of carbonyl (C=O) groups is 1. The van der Waals surface area contributed by atoms with Gasteiger partial charge in [-0.15, -0.1) is 0 Å². The van der Waals surface area contributed by atoms with Crippen LogP contribution in [-0.4, -0.2) is 30.9 Å². The number of hydrogen-bond acceptors (Lipinski definition) is 3. The zero-order valence-electron chi connectivity index (χ0n) is 6.10. The highest BCUT2D eigenvalue weighted by Crippen LogP contribution is 1.96. The van der Waals surface area contributed by atoms with Crippen molar-refractivity contribution in [2.45, 2.75) is 13.0 Å². The maximum atomic E-state index is 10.7. The zero-order chi connectivity index (χ0) is 7.28. The van der Waals surface area contributed by atoms with Crippen molar-refractivity contribution in [2.75, 3.05) is 19.1 Å². The second-order valence-corrected chi connectivity index (χ2v) is 2.82. The molecule has 1 N–H and O–H groups in total. The largest absolute Gasteiger partial charge is 0.310 e. The van der Waals surface area contributed by atoms with Crippen molar-refractivity contribution >= 4 is 17.5 Å². The first-order chi connectivity index (χ1) is 4.22. The fraction of sp³-hybridized carbons (Fsp3) is 0.833. The number of hydrogen-bond donors (Lipinski definition) is 1. The van der Waals surface area contributed by atoms with Crippen LogP contribution in [0.25, 0.3) is 0 Å². The molecule has 0 heterocycles. The number of rotatable bonds is 4. The molecular weight excluding hydrogens is 134 g/mol. The predicted molar refractivity (Wildman–Crippen MR) is 41.9 cm³/mol. The summed E-state index contributed by atoms with van der Waals surface area (Å²) >= 11 is 1.68. The number of ketones is 1. The molecule has 0 spiro atoms. The van der Waals surface area contributed by atoms with E-state index in [1.54, 1.807) is 18.7 Å². The van der Waals surface area contributed by atoms with E-state index in [1.165, 1.54) is 0 Å². The molecular formula is C6H13NOS. The maximum Gasteiger partial charge on any atom is 0.147 e. The summed E-state index contributed by atoms with van der Waals surface area (Å²) in [6.07, 6.45) is 1.99. The molecule has 54 valence electrons. The molecule has 0 aromatic heterocycles. The van der Waals surface area contributed by atoms with Crippen LogP contribution < -0.4 is 5.32 Å². The van der Waals surface area contributed by atoms with Crippen molar-refractivity contribution < 1.29 is 4.79 Å². The molecule has 0 aliphatic rings. The monoisotopic (exact) mass is 147 g/mol. The molecule has 0 bridgehead atoms. The molecule has 3 heteroatoms. The van der Waals surface area contributed by atoms with Crippen molar-refractivity contribution in [1.29, 1.82) is 0 Å². The van der Waals surface area contributed by atoms with E-state index in [9.17, 15) is 4.79 Å². The Bertz CT molecular complexity index is 95.1. The summed E-state index contributed by atoms with van der Waals surface area (Å²) in [6.45, 7) is 1.61. The predicted octanol–water partition coefficient (Wildman–Crippen LogP) is 0.526. The van der Waals surface area contributed by atoms with Gasteiger partial charge >= 0.3 is 0 Å². The van der Waals surface area contributed by atoms with E-state index in [-0.39, 0.29) is 11.8 Å². The van der Waals surface area contributed by atoms with Gasteiger partial charge in [0.25, 0.3) is 0 Å². The highest BCUT2D eigenvalue weighted by molar-refractivity contribution is 7.98. The van der Waals surface area contributed by atoms with Crippen LogP contribution in [0.3, 0.4) is 0 Å². The number of nitrogens with one attached hydrogen (secondary N) is 1. The van der Waals surface area contributed by atoms with Crippen LogP contribution in [0.15, 0.2) is 0 Å². The van der Waals surface area contributed by atoms with Gasteiger partial charge in [0.2, 0.25) is 0 Å². The number of likely N-dealkylation sites (N-methyl/N-ethyl adjacent to an activating group) is 1. The molecule has 0 rings (SSSR count). The van der Waals surface area contributed by atoms with E-state index in [1.807, 2.05) is 13.3 Å². The lowest BCUT2D eigenvalue weighted by Gasteiger charge is -2.09. The summed E-state index contributed by atoms with van der Waals surface area (Å²) in [5.41, 5.74) is 0. The first-order valence-electron chi connectivity index (χ1n) is 2.89. The highest BCUT2D eigenvalue weighted by Gasteiger charge is 2.08. The van der Waals surface area contributed by atoms with Crippen molar-refractivity contribution in [3.63, 3.8) is 0 Å². The van der Waals surface area contributed by atoms with Crippen LogP contribution in [0.5, 0.6) is 0 Å². The third-order valence-electron chi connectivity index (χ3n) is 1.17. The lowest BCUT2D eigenvalue weighted by atomic mass is 10.2. The Morgan fingerprint density at radius 1 is 1.78 bits per heavy atom. The van der Waals surface area contributed by atoms with Crippen LogP contribution in [0.1, 0.15) is 6.92 Å². The minimum atomic E-state index is 0.0417. The summed E-state index contributed by atoms with van der Waals surface area (Å²) in [5.74, 6) is 1.08. The second kappa shape index (κ2) is 4.82. The maximum absolute atomic E-state index is 10.7. The standard InChI is InChI=1S/C6H13NOS/c1-5(8)6(7-2)4-9-3/h6-7H,4H2,1-3H3/t6-/m0/s1. The third-order valence-corrected chi connectivity index (χ3v) is 1.84. The summed E-state index contributed by atoms with van der Waals surface area (Å²) in [5, 5.41) is 2.93. The zero-order valence-corrected chi connectivity index (χ0v) is 6.92. The molecule has 0 aliphatic heterocycles. The summed E-state index contributed by atoms with van der Waals surface area (Å²) in [4.78, 5) is 10.7. The SMILES string of the molecule is CN[C@@H](CSC)C(C)=O. The number of Topliss-reactive ketones (excluding diaryl/α,β-unsaturated/α-hetero) is 1. The van der Waals surface area contributed by atoms with Crippen LogP contribution in [0.2, 0.25) is 0 Å². The average molecular weight is 147 g/mol. The highest BCUT2D eigenvalue weighted by atomic mass is 32.2. The smallest absolute Gasteiger partial charge is 0.147 e. The van der Waals surface area contributed by atoms with E-state index in [4.69, 9.17) is 0 Å². The number of thioether (sulfide) groups is 1. The van der Waals surface area contributed by atoms with Gasteiger partial charge in [-0.3, -0.25) is 4.79 Å². The van der Waals surface area contributed by atoms with Crippen molar-refractivity contribution in [1.82, 2.24) is 5.32 Å². The van der Waals surface area contributed by atoms with Gasteiger partial charge in [0, 0.05) is 5.75 Å². The topological polar surface area (TPSA) is 29.1 Å². The van der Waals surface area contributed by atoms with Gasteiger partial charge in [-0.25, -0.2) is 0 Å². The van der Waals surface area contributed by atoms with Gasteiger partial charge in [0.1, 0.15) is 5.78 Å². The lowest BCUT2D eigenvalue weighted by molar-refractivity contribution is -0.118. The summed E-state index contributed by atoms with van der Waals surface area (Å²) < 4.78 is 0. The molecule has 9 heavy (non-hydrogen) atoms. The van der Waals surface area contributed by atoms with Gasteiger partial charge in [-0.2, -0.15) is 11.8 Å². The van der Waals surface area contributed by atoms with E-state index < -0.39 is 0 Å². The Labute approximate surface area is 60.4 Å². The fourth-order valence-corrected chi connectivity index (χ4v) is 1.31.